The fourth-order valence-corrected chi connectivity index (χ4v) is 3.80. The van der Waals surface area contributed by atoms with Crippen LogP contribution in [-0.2, 0) is 0 Å². The molecule has 28 heavy (non-hydrogen) atoms. The van der Waals surface area contributed by atoms with Crippen LogP contribution in [0, 0.1) is 5.82 Å². The van der Waals surface area contributed by atoms with Crippen molar-refractivity contribution >= 4 is 53.9 Å². The molecule has 4 rings (SSSR count). The highest BCUT2D eigenvalue weighted by molar-refractivity contribution is 6.31. The maximum absolute atomic E-state index is 13.4. The van der Waals surface area contributed by atoms with Crippen molar-refractivity contribution in [3.05, 3.63) is 40.8 Å². The Morgan fingerprint density at radius 2 is 1.64 bits per heavy atom. The quantitative estimate of drug-likeness (QED) is 0.748. The average Bonchev–Trinajstić information content (AvgIpc) is 2.61. The number of piperazine rings is 1. The van der Waals surface area contributed by atoms with E-state index in [0.29, 0.717) is 11.9 Å². The molecule has 1 aliphatic carbocycles. The number of aromatic nitrogens is 2. The second-order valence-corrected chi connectivity index (χ2v) is 7.42. The zero-order valence-electron chi connectivity index (χ0n) is 15.2. The second kappa shape index (κ2) is 9.31. The van der Waals surface area contributed by atoms with Crippen LogP contribution in [0.3, 0.4) is 0 Å². The van der Waals surface area contributed by atoms with Crippen molar-refractivity contribution in [1.82, 2.24) is 9.97 Å². The lowest BCUT2D eigenvalue weighted by molar-refractivity contribution is 0.345. The van der Waals surface area contributed by atoms with Gasteiger partial charge in [-0.05, 0) is 31.0 Å². The van der Waals surface area contributed by atoms with E-state index in [4.69, 9.17) is 23.1 Å². The van der Waals surface area contributed by atoms with Crippen LogP contribution in [0.1, 0.15) is 24.5 Å². The van der Waals surface area contributed by atoms with Gasteiger partial charge in [0.1, 0.15) is 11.6 Å². The molecule has 2 heterocycles. The fraction of sp³-hybridized carbons (Fsp3) is 0.444. The van der Waals surface area contributed by atoms with Gasteiger partial charge in [0.05, 0.1) is 10.7 Å². The molecule has 0 radical (unpaired) electrons. The highest BCUT2D eigenvalue weighted by Gasteiger charge is 2.30. The van der Waals surface area contributed by atoms with Gasteiger partial charge >= 0.3 is 0 Å². The van der Waals surface area contributed by atoms with Gasteiger partial charge in [-0.2, -0.15) is 4.98 Å². The zero-order chi connectivity index (χ0) is 18.3. The molecular weight excluding hydrogens is 426 g/mol. The topological polar surface area (TPSA) is 84.3 Å². The Kier molecular flexibility index (Phi) is 7.56. The van der Waals surface area contributed by atoms with Gasteiger partial charge in [-0.1, -0.05) is 11.6 Å². The first kappa shape index (κ1) is 22.7. The first-order chi connectivity index (χ1) is 12.5. The standard InChI is InChI=1S/C18H22ClFN6.2ClH/c19-14-9-13(1-2-15(14)20)25-3-5-26(6-4-25)17-10-16(23-18(22)24-17)11-7-12(21)8-11;;/h1-2,9-12H,3-8,21H2,(H2,22,23,24);2*1H. The van der Waals surface area contributed by atoms with E-state index in [1.165, 1.54) is 6.07 Å². The van der Waals surface area contributed by atoms with Crippen molar-refractivity contribution in [3.8, 4) is 0 Å². The summed E-state index contributed by atoms with van der Waals surface area (Å²) < 4.78 is 13.4. The lowest BCUT2D eigenvalue weighted by atomic mass is 9.78. The lowest BCUT2D eigenvalue weighted by Gasteiger charge is -2.37. The Hall–Kier alpha value is -1.54. The molecule has 1 aromatic heterocycles. The largest absolute Gasteiger partial charge is 0.368 e. The summed E-state index contributed by atoms with van der Waals surface area (Å²) in [5.74, 6) is 1.17. The van der Waals surface area contributed by atoms with Crippen molar-refractivity contribution in [2.75, 3.05) is 41.7 Å². The molecule has 2 fully saturated rings. The van der Waals surface area contributed by atoms with Gasteiger partial charge in [-0.3, -0.25) is 0 Å². The third-order valence-electron chi connectivity index (χ3n) is 5.21. The van der Waals surface area contributed by atoms with Gasteiger partial charge in [-0.15, -0.1) is 24.8 Å². The van der Waals surface area contributed by atoms with Crippen molar-refractivity contribution in [3.63, 3.8) is 0 Å². The van der Waals surface area contributed by atoms with E-state index in [0.717, 1.165) is 56.2 Å². The summed E-state index contributed by atoms with van der Waals surface area (Å²) in [6.45, 7) is 3.20. The highest BCUT2D eigenvalue weighted by atomic mass is 35.5. The number of halogens is 4. The minimum Gasteiger partial charge on any atom is -0.368 e. The number of nitrogens with zero attached hydrogens (tertiary/aromatic N) is 4. The van der Waals surface area contributed by atoms with Crippen LogP contribution in [0.25, 0.3) is 0 Å². The summed E-state index contributed by atoms with van der Waals surface area (Å²) >= 11 is 5.90. The molecule has 0 spiro atoms. The van der Waals surface area contributed by atoms with Gasteiger partial charge in [0.2, 0.25) is 5.95 Å². The number of hydrogen-bond acceptors (Lipinski definition) is 6. The molecule has 0 unspecified atom stereocenters. The Bertz CT molecular complexity index is 810. The summed E-state index contributed by atoms with van der Waals surface area (Å²) in [7, 11) is 0. The molecule has 6 nitrogen and oxygen atoms in total. The maximum Gasteiger partial charge on any atom is 0.222 e. The molecule has 1 saturated heterocycles. The van der Waals surface area contributed by atoms with Gasteiger partial charge in [0.25, 0.3) is 0 Å². The summed E-state index contributed by atoms with van der Waals surface area (Å²) in [4.78, 5) is 13.2. The predicted molar refractivity (Wildman–Crippen MR) is 117 cm³/mol. The summed E-state index contributed by atoms with van der Waals surface area (Å²) in [6.07, 6.45) is 1.91. The number of benzene rings is 1. The van der Waals surface area contributed by atoms with Crippen molar-refractivity contribution in [2.45, 2.75) is 24.8 Å². The van der Waals surface area contributed by atoms with Crippen LogP contribution < -0.4 is 21.3 Å². The van der Waals surface area contributed by atoms with Crippen LogP contribution in [0.2, 0.25) is 5.02 Å². The molecule has 0 bridgehead atoms. The smallest absolute Gasteiger partial charge is 0.222 e. The number of anilines is 3. The van der Waals surface area contributed by atoms with Crippen molar-refractivity contribution in [2.24, 2.45) is 5.73 Å². The van der Waals surface area contributed by atoms with E-state index in [9.17, 15) is 4.39 Å². The van der Waals surface area contributed by atoms with Gasteiger partial charge < -0.3 is 21.3 Å². The molecule has 2 aromatic rings. The molecule has 0 amide bonds. The summed E-state index contributed by atoms with van der Waals surface area (Å²) in [5.41, 5.74) is 13.7. The van der Waals surface area contributed by atoms with Crippen LogP contribution in [0.5, 0.6) is 0 Å². The van der Waals surface area contributed by atoms with Crippen LogP contribution in [-0.4, -0.2) is 42.2 Å². The van der Waals surface area contributed by atoms with E-state index in [1.54, 1.807) is 12.1 Å². The SMILES string of the molecule is Cl.Cl.Nc1nc(C2CC(N)C2)cc(N2CCN(c3ccc(F)c(Cl)c3)CC2)n1. The monoisotopic (exact) mass is 448 g/mol. The maximum atomic E-state index is 13.4. The molecule has 10 heteroatoms. The van der Waals surface area contributed by atoms with E-state index in [2.05, 4.69) is 19.8 Å². The number of nitrogen functional groups attached to an aromatic ring is 1. The molecule has 2 aliphatic rings. The van der Waals surface area contributed by atoms with Crippen LogP contribution >= 0.6 is 36.4 Å². The van der Waals surface area contributed by atoms with Crippen molar-refractivity contribution < 1.29 is 4.39 Å². The van der Waals surface area contributed by atoms with Crippen LogP contribution in [0.4, 0.5) is 21.8 Å². The van der Waals surface area contributed by atoms with Gasteiger partial charge in [-0.25, -0.2) is 9.37 Å². The normalized spacial score (nSPS) is 21.4. The minimum atomic E-state index is -0.395. The second-order valence-electron chi connectivity index (χ2n) is 7.01. The number of nitrogens with two attached hydrogens (primary N) is 2. The fourth-order valence-electron chi connectivity index (χ4n) is 3.62. The molecule has 1 aliphatic heterocycles. The van der Waals surface area contributed by atoms with Gasteiger partial charge in [0, 0.05) is 49.9 Å². The zero-order valence-corrected chi connectivity index (χ0v) is 17.6. The average molecular weight is 450 g/mol. The molecule has 4 N–H and O–H groups in total. The third kappa shape index (κ3) is 4.71. The molecule has 0 atom stereocenters. The Balaban J connectivity index is 0.00000140. The molecule has 1 aromatic carbocycles. The lowest BCUT2D eigenvalue weighted by Crippen LogP contribution is -2.47. The Morgan fingerprint density at radius 3 is 2.25 bits per heavy atom. The van der Waals surface area contributed by atoms with E-state index >= 15 is 0 Å². The first-order valence-electron chi connectivity index (χ1n) is 8.84. The van der Waals surface area contributed by atoms with E-state index < -0.39 is 5.82 Å². The number of rotatable bonds is 3. The molecular formula is C18H24Cl3FN6. The predicted octanol–water partition coefficient (Wildman–Crippen LogP) is 3.23. The Morgan fingerprint density at radius 1 is 1.00 bits per heavy atom. The first-order valence-corrected chi connectivity index (χ1v) is 9.22. The van der Waals surface area contributed by atoms with Crippen LogP contribution in [0.15, 0.2) is 24.3 Å². The summed E-state index contributed by atoms with van der Waals surface area (Å²) in [6, 6.07) is 7.15. The molecule has 1 saturated carbocycles. The Labute approximate surface area is 181 Å². The van der Waals surface area contributed by atoms with Gasteiger partial charge in [0.15, 0.2) is 0 Å². The minimum absolute atomic E-state index is 0. The van der Waals surface area contributed by atoms with E-state index in [-0.39, 0.29) is 35.9 Å². The number of hydrogen-bond donors (Lipinski definition) is 2. The van der Waals surface area contributed by atoms with E-state index in [1.807, 2.05) is 6.07 Å². The third-order valence-corrected chi connectivity index (χ3v) is 5.50. The highest BCUT2D eigenvalue weighted by Crippen LogP contribution is 2.36. The molecule has 154 valence electrons. The van der Waals surface area contributed by atoms with Crippen molar-refractivity contribution in [1.29, 1.82) is 0 Å². The summed E-state index contributed by atoms with van der Waals surface area (Å²) in [5, 5.41) is 0.150.